The van der Waals surface area contributed by atoms with E-state index in [4.69, 9.17) is 9.84 Å². The number of nitrogens with one attached hydrogen (secondary N) is 1. The van der Waals surface area contributed by atoms with E-state index in [0.29, 0.717) is 24.6 Å². The molecule has 0 bridgehead atoms. The van der Waals surface area contributed by atoms with Crippen molar-refractivity contribution in [2.24, 2.45) is 0 Å². The Morgan fingerprint density at radius 3 is 2.70 bits per heavy atom. The van der Waals surface area contributed by atoms with Crippen molar-refractivity contribution < 1.29 is 14.6 Å². The third-order valence-electron chi connectivity index (χ3n) is 2.64. The molecule has 2 N–H and O–H groups in total. The largest absolute Gasteiger partial charge is 0.493 e. The molecule has 0 atom stereocenters. The van der Waals surface area contributed by atoms with E-state index in [0.717, 1.165) is 11.6 Å². The van der Waals surface area contributed by atoms with E-state index in [2.05, 4.69) is 9.97 Å². The first-order valence-corrected chi connectivity index (χ1v) is 6.07. The summed E-state index contributed by atoms with van der Waals surface area (Å²) >= 11 is 0. The van der Waals surface area contributed by atoms with Crippen molar-refractivity contribution in [1.82, 2.24) is 9.97 Å². The number of ether oxygens (including phenoxy) is 1. The zero-order valence-electron chi connectivity index (χ0n) is 10.9. The predicted octanol–water partition coefficient (Wildman–Crippen LogP) is 1.40. The molecule has 0 aliphatic carbocycles. The number of benzene rings is 1. The van der Waals surface area contributed by atoms with Crippen LogP contribution in [-0.4, -0.2) is 27.7 Å². The van der Waals surface area contributed by atoms with E-state index in [1.54, 1.807) is 0 Å². The number of H-pyrrole nitrogens is 1. The third-order valence-corrected chi connectivity index (χ3v) is 2.64. The van der Waals surface area contributed by atoms with E-state index in [1.807, 2.05) is 31.2 Å². The molecule has 6 heteroatoms. The summed E-state index contributed by atoms with van der Waals surface area (Å²) in [5.74, 6) is -0.217. The molecule has 1 heterocycles. The van der Waals surface area contributed by atoms with Crippen molar-refractivity contribution in [1.29, 1.82) is 0 Å². The van der Waals surface area contributed by atoms with Gasteiger partial charge in [0.1, 0.15) is 11.6 Å². The summed E-state index contributed by atoms with van der Waals surface area (Å²) in [6.45, 7) is 2.28. The maximum Gasteiger partial charge on any atom is 0.354 e. The molecule has 0 saturated heterocycles. The molecular formula is C14H14N2O4. The summed E-state index contributed by atoms with van der Waals surface area (Å²) in [6, 6.07) is 8.51. The molecule has 2 rings (SSSR count). The van der Waals surface area contributed by atoms with Crippen LogP contribution in [0.4, 0.5) is 0 Å². The second-order valence-corrected chi connectivity index (χ2v) is 4.29. The van der Waals surface area contributed by atoms with Crippen LogP contribution in [0.25, 0.3) is 0 Å². The molecule has 2 aromatic rings. The number of aromatic carboxylic acids is 1. The van der Waals surface area contributed by atoms with E-state index in [-0.39, 0.29) is 5.69 Å². The number of nitrogens with zero attached hydrogens (tertiary/aromatic N) is 1. The molecule has 0 aliphatic rings. The number of aromatic amines is 1. The molecule has 0 unspecified atom stereocenters. The first-order chi connectivity index (χ1) is 9.54. The van der Waals surface area contributed by atoms with Gasteiger partial charge in [-0.3, -0.25) is 4.79 Å². The molecule has 0 amide bonds. The van der Waals surface area contributed by atoms with Crippen LogP contribution < -0.4 is 10.3 Å². The summed E-state index contributed by atoms with van der Waals surface area (Å²) in [7, 11) is 0. The molecule has 0 spiro atoms. The molecule has 104 valence electrons. The number of aromatic nitrogens is 2. The highest BCUT2D eigenvalue weighted by atomic mass is 16.5. The van der Waals surface area contributed by atoms with E-state index < -0.39 is 11.5 Å². The molecular weight excluding hydrogens is 260 g/mol. The van der Waals surface area contributed by atoms with Crippen LogP contribution in [0, 0.1) is 6.92 Å². The lowest BCUT2D eigenvalue weighted by molar-refractivity contribution is 0.0689. The average molecular weight is 274 g/mol. The van der Waals surface area contributed by atoms with Crippen LogP contribution in [0.15, 0.2) is 35.1 Å². The van der Waals surface area contributed by atoms with Crippen molar-refractivity contribution in [3.05, 3.63) is 57.8 Å². The fraction of sp³-hybridized carbons (Fsp3) is 0.214. The minimum atomic E-state index is -1.23. The van der Waals surface area contributed by atoms with Gasteiger partial charge in [-0.25, -0.2) is 9.78 Å². The third kappa shape index (κ3) is 3.68. The predicted molar refractivity (Wildman–Crippen MR) is 72.2 cm³/mol. The van der Waals surface area contributed by atoms with Gasteiger partial charge in [0.2, 0.25) is 0 Å². The van der Waals surface area contributed by atoms with Gasteiger partial charge < -0.3 is 14.8 Å². The minimum Gasteiger partial charge on any atom is -0.493 e. The van der Waals surface area contributed by atoms with Gasteiger partial charge in [0.05, 0.1) is 6.61 Å². The van der Waals surface area contributed by atoms with Gasteiger partial charge >= 0.3 is 5.97 Å². The average Bonchev–Trinajstić information content (AvgIpc) is 2.40. The molecule has 6 nitrogen and oxygen atoms in total. The van der Waals surface area contributed by atoms with Gasteiger partial charge in [0, 0.05) is 12.5 Å². The Morgan fingerprint density at radius 1 is 1.35 bits per heavy atom. The van der Waals surface area contributed by atoms with Gasteiger partial charge in [-0.15, -0.1) is 0 Å². The molecule has 0 aliphatic heterocycles. The topological polar surface area (TPSA) is 92.3 Å². The van der Waals surface area contributed by atoms with Crippen molar-refractivity contribution in [3.8, 4) is 5.75 Å². The number of rotatable bonds is 5. The summed E-state index contributed by atoms with van der Waals surface area (Å²) in [5.41, 5.74) is 0.388. The molecule has 1 aromatic carbocycles. The highest BCUT2D eigenvalue weighted by molar-refractivity contribution is 5.85. The van der Waals surface area contributed by atoms with E-state index in [9.17, 15) is 9.59 Å². The molecule has 20 heavy (non-hydrogen) atoms. The summed E-state index contributed by atoms with van der Waals surface area (Å²) in [5, 5.41) is 8.82. The summed E-state index contributed by atoms with van der Waals surface area (Å²) in [6.07, 6.45) is 0.324. The van der Waals surface area contributed by atoms with Gasteiger partial charge in [-0.05, 0) is 19.1 Å². The lowest BCUT2D eigenvalue weighted by Crippen LogP contribution is -2.17. The smallest absolute Gasteiger partial charge is 0.354 e. The second-order valence-electron chi connectivity index (χ2n) is 4.29. The van der Waals surface area contributed by atoms with Crippen molar-refractivity contribution in [3.63, 3.8) is 0 Å². The minimum absolute atomic E-state index is 0.265. The van der Waals surface area contributed by atoms with Crippen LogP contribution in [0.2, 0.25) is 0 Å². The zero-order valence-corrected chi connectivity index (χ0v) is 10.9. The standard InChI is InChI=1S/C14H14N2O4/c1-9-2-4-10(5-3-9)20-7-6-12-15-11(14(18)19)8-13(17)16-12/h2-5,8H,6-7H2,1H3,(H,18,19)(H,15,16,17). The zero-order chi connectivity index (χ0) is 14.5. The molecule has 0 fully saturated rings. The van der Waals surface area contributed by atoms with Crippen LogP contribution in [-0.2, 0) is 6.42 Å². The fourth-order valence-corrected chi connectivity index (χ4v) is 1.64. The number of carboxylic acids is 1. The fourth-order valence-electron chi connectivity index (χ4n) is 1.64. The van der Waals surface area contributed by atoms with Gasteiger partial charge in [-0.1, -0.05) is 17.7 Å². The first-order valence-electron chi connectivity index (χ1n) is 6.07. The Balaban J connectivity index is 1.99. The summed E-state index contributed by atoms with van der Waals surface area (Å²) < 4.78 is 5.50. The van der Waals surface area contributed by atoms with E-state index in [1.165, 1.54) is 0 Å². The van der Waals surface area contributed by atoms with Crippen LogP contribution in [0.5, 0.6) is 5.75 Å². The lowest BCUT2D eigenvalue weighted by atomic mass is 10.2. The van der Waals surface area contributed by atoms with Crippen LogP contribution in [0.1, 0.15) is 21.9 Å². The van der Waals surface area contributed by atoms with Crippen molar-refractivity contribution >= 4 is 5.97 Å². The Morgan fingerprint density at radius 2 is 2.05 bits per heavy atom. The number of aryl methyl sites for hydroxylation is 1. The number of carbonyl (C=O) groups is 1. The maximum atomic E-state index is 11.3. The molecule has 0 radical (unpaired) electrons. The quantitative estimate of drug-likeness (QED) is 0.859. The molecule has 1 aromatic heterocycles. The summed E-state index contributed by atoms with van der Waals surface area (Å²) in [4.78, 5) is 28.4. The number of hydrogen-bond donors (Lipinski definition) is 2. The highest BCUT2D eigenvalue weighted by Crippen LogP contribution is 2.11. The first kappa shape index (κ1) is 13.8. The van der Waals surface area contributed by atoms with Crippen LogP contribution in [0.3, 0.4) is 0 Å². The number of hydrogen-bond acceptors (Lipinski definition) is 4. The molecule has 0 saturated carbocycles. The van der Waals surface area contributed by atoms with E-state index >= 15 is 0 Å². The second kappa shape index (κ2) is 6.01. The highest BCUT2D eigenvalue weighted by Gasteiger charge is 2.08. The van der Waals surface area contributed by atoms with Crippen molar-refractivity contribution in [2.75, 3.05) is 6.61 Å². The number of carboxylic acid groups (broad SMARTS) is 1. The monoisotopic (exact) mass is 274 g/mol. The normalized spacial score (nSPS) is 10.2. The van der Waals surface area contributed by atoms with Crippen molar-refractivity contribution in [2.45, 2.75) is 13.3 Å². The lowest BCUT2D eigenvalue weighted by Gasteiger charge is -2.06. The maximum absolute atomic E-state index is 11.3. The van der Waals surface area contributed by atoms with Gasteiger partial charge in [0.15, 0.2) is 5.69 Å². The Hall–Kier alpha value is -2.63. The van der Waals surface area contributed by atoms with Gasteiger partial charge in [-0.2, -0.15) is 0 Å². The Bertz CT molecular complexity index is 662. The Kier molecular flexibility index (Phi) is 4.14. The van der Waals surface area contributed by atoms with Crippen LogP contribution >= 0.6 is 0 Å². The Labute approximate surface area is 115 Å². The SMILES string of the molecule is Cc1ccc(OCCc2nc(C(=O)O)cc(=O)[nH]2)cc1. The van der Waals surface area contributed by atoms with Gasteiger partial charge in [0.25, 0.3) is 5.56 Å².